The van der Waals surface area contributed by atoms with Gasteiger partial charge in [-0.15, -0.1) is 0 Å². The molecule has 0 N–H and O–H groups in total. The summed E-state index contributed by atoms with van der Waals surface area (Å²) in [4.78, 5) is 22.6. The molecule has 0 atom stereocenters. The van der Waals surface area contributed by atoms with Gasteiger partial charge in [0.1, 0.15) is 5.82 Å². The highest BCUT2D eigenvalue weighted by atomic mass is 19.2. The molecule has 3 aromatic carbocycles. The minimum Gasteiger partial charge on any atom is -0.331 e. The van der Waals surface area contributed by atoms with Gasteiger partial charge >= 0.3 is 0 Å². The number of nitrogens with zero attached hydrogens (tertiary/aromatic N) is 4. The van der Waals surface area contributed by atoms with Crippen molar-refractivity contribution in [1.29, 1.82) is 0 Å². The van der Waals surface area contributed by atoms with Gasteiger partial charge in [0.25, 0.3) is 5.91 Å². The average molecular weight is 529 g/mol. The first-order valence-corrected chi connectivity index (χ1v) is 14.0. The van der Waals surface area contributed by atoms with Gasteiger partial charge in [-0.1, -0.05) is 48.9 Å². The normalized spacial score (nSPS) is 16.1. The van der Waals surface area contributed by atoms with Gasteiger partial charge in [0.05, 0.1) is 23.1 Å². The van der Waals surface area contributed by atoms with Crippen LogP contribution >= 0.6 is 0 Å². The summed E-state index contributed by atoms with van der Waals surface area (Å²) in [6.07, 6.45) is 5.87. The van der Waals surface area contributed by atoms with E-state index in [-0.39, 0.29) is 12.1 Å². The minimum absolute atomic E-state index is 0.230. The predicted octanol–water partition coefficient (Wildman–Crippen LogP) is 6.40. The Labute approximate surface area is 228 Å². The van der Waals surface area contributed by atoms with Gasteiger partial charge in [0.15, 0.2) is 11.6 Å². The number of amides is 1. The van der Waals surface area contributed by atoms with E-state index in [1.54, 1.807) is 4.90 Å². The van der Waals surface area contributed by atoms with E-state index in [0.717, 1.165) is 55.4 Å². The highest BCUT2D eigenvalue weighted by Gasteiger charge is 2.30. The van der Waals surface area contributed by atoms with Crippen LogP contribution in [0.25, 0.3) is 11.0 Å². The summed E-state index contributed by atoms with van der Waals surface area (Å²) in [5.74, 6) is -1.47. The molecule has 7 heteroatoms. The maximum atomic E-state index is 14.6. The minimum atomic E-state index is -1.09. The summed E-state index contributed by atoms with van der Waals surface area (Å²) in [5, 5.41) is 0. The van der Waals surface area contributed by atoms with Crippen molar-refractivity contribution in [2.75, 3.05) is 19.6 Å². The Balaban J connectivity index is 1.33. The van der Waals surface area contributed by atoms with Gasteiger partial charge in [-0.05, 0) is 80.1 Å². The van der Waals surface area contributed by atoms with Crippen molar-refractivity contribution >= 4 is 16.9 Å². The third-order valence-electron chi connectivity index (χ3n) is 8.00. The van der Waals surface area contributed by atoms with Gasteiger partial charge in [-0.3, -0.25) is 9.69 Å². The maximum Gasteiger partial charge on any atom is 0.257 e. The highest BCUT2D eigenvalue weighted by molar-refractivity contribution is 5.94. The van der Waals surface area contributed by atoms with Gasteiger partial charge in [-0.2, -0.15) is 0 Å². The van der Waals surface area contributed by atoms with Crippen LogP contribution in [0.3, 0.4) is 0 Å². The third-order valence-corrected chi connectivity index (χ3v) is 8.00. The molecular formula is C32H34F2N4O. The van der Waals surface area contributed by atoms with Crippen LogP contribution in [0, 0.1) is 17.6 Å². The van der Waals surface area contributed by atoms with E-state index in [4.69, 9.17) is 4.98 Å². The van der Waals surface area contributed by atoms with Gasteiger partial charge < -0.3 is 9.47 Å². The summed E-state index contributed by atoms with van der Waals surface area (Å²) in [6.45, 7) is 4.53. The fourth-order valence-corrected chi connectivity index (χ4v) is 5.66. The van der Waals surface area contributed by atoms with Crippen LogP contribution in [0.5, 0.6) is 0 Å². The number of para-hydroxylation sites is 2. The number of carbonyl (C=O) groups is 1. The third kappa shape index (κ3) is 5.74. The van der Waals surface area contributed by atoms with Crippen molar-refractivity contribution in [3.05, 3.63) is 101 Å². The van der Waals surface area contributed by atoms with Gasteiger partial charge in [0, 0.05) is 19.6 Å². The molecule has 1 saturated carbocycles. The Hall–Kier alpha value is -3.58. The Morgan fingerprint density at radius 2 is 1.59 bits per heavy atom. The van der Waals surface area contributed by atoms with Crippen molar-refractivity contribution in [1.82, 2.24) is 19.4 Å². The molecule has 0 bridgehead atoms. The molecule has 0 radical (unpaired) electrons. The van der Waals surface area contributed by atoms with Crippen molar-refractivity contribution in [3.63, 3.8) is 0 Å². The highest BCUT2D eigenvalue weighted by Crippen LogP contribution is 2.31. The van der Waals surface area contributed by atoms with Crippen LogP contribution in [-0.4, -0.2) is 44.9 Å². The lowest BCUT2D eigenvalue weighted by molar-refractivity contribution is 0.0723. The molecule has 5 nitrogen and oxygen atoms in total. The molecule has 2 aliphatic rings. The molecular weight excluding hydrogens is 494 g/mol. The van der Waals surface area contributed by atoms with Crippen LogP contribution < -0.4 is 0 Å². The van der Waals surface area contributed by atoms with E-state index in [1.165, 1.54) is 42.5 Å². The van der Waals surface area contributed by atoms with E-state index in [0.29, 0.717) is 19.0 Å². The molecule has 2 fully saturated rings. The SMILES string of the molecule is O=C(c1cccc(F)c1F)N(Cc1nc2ccccc2n1Cc1ccccc1CN1CCCCC1)CC1CC1. The number of carbonyl (C=O) groups excluding carboxylic acids is 1. The topological polar surface area (TPSA) is 41.4 Å². The second-order valence-corrected chi connectivity index (χ2v) is 10.9. The van der Waals surface area contributed by atoms with Crippen molar-refractivity contribution in [2.24, 2.45) is 5.92 Å². The van der Waals surface area contributed by atoms with E-state index >= 15 is 0 Å². The molecule has 4 aromatic rings. The lowest BCUT2D eigenvalue weighted by atomic mass is 10.0. The monoisotopic (exact) mass is 528 g/mol. The van der Waals surface area contributed by atoms with E-state index in [2.05, 4.69) is 39.8 Å². The number of likely N-dealkylation sites (tertiary alicyclic amines) is 1. The number of imidazole rings is 1. The molecule has 202 valence electrons. The smallest absolute Gasteiger partial charge is 0.257 e. The number of halogens is 2. The van der Waals surface area contributed by atoms with Crippen LogP contribution in [0.1, 0.15) is 59.4 Å². The number of rotatable bonds is 9. The molecule has 1 saturated heterocycles. The Morgan fingerprint density at radius 1 is 0.872 bits per heavy atom. The lowest BCUT2D eigenvalue weighted by Crippen LogP contribution is -2.34. The lowest BCUT2D eigenvalue weighted by Gasteiger charge is -2.27. The number of piperidine rings is 1. The largest absolute Gasteiger partial charge is 0.331 e. The summed E-state index contributed by atoms with van der Waals surface area (Å²) in [6, 6.07) is 20.3. The number of fused-ring (bicyclic) bond motifs is 1. The number of hydrogen-bond acceptors (Lipinski definition) is 3. The van der Waals surface area contributed by atoms with Crippen LogP contribution in [0.2, 0.25) is 0 Å². The molecule has 1 aliphatic heterocycles. The standard InChI is InChI=1S/C32H34F2N4O/c33-27-12-8-11-26(31(27)34)32(39)37(19-23-15-16-23)22-30-35-28-13-4-5-14-29(28)38(30)21-25-10-3-2-9-24(25)20-36-17-6-1-7-18-36/h2-5,8-14,23H,1,6-7,15-22H2. The first-order chi connectivity index (χ1) is 19.1. The molecule has 0 unspecified atom stereocenters. The molecule has 1 aromatic heterocycles. The number of benzene rings is 3. The Bertz CT molecular complexity index is 1470. The molecule has 1 aliphatic carbocycles. The average Bonchev–Trinajstić information content (AvgIpc) is 3.71. The molecule has 2 heterocycles. The second-order valence-electron chi connectivity index (χ2n) is 10.9. The zero-order valence-corrected chi connectivity index (χ0v) is 22.2. The summed E-state index contributed by atoms with van der Waals surface area (Å²) in [7, 11) is 0. The van der Waals surface area contributed by atoms with E-state index in [9.17, 15) is 13.6 Å². The maximum absolute atomic E-state index is 14.6. The Morgan fingerprint density at radius 3 is 2.36 bits per heavy atom. The fourth-order valence-electron chi connectivity index (χ4n) is 5.66. The zero-order chi connectivity index (χ0) is 26.8. The second kappa shape index (κ2) is 11.3. The van der Waals surface area contributed by atoms with Crippen molar-refractivity contribution in [2.45, 2.75) is 51.7 Å². The summed E-state index contributed by atoms with van der Waals surface area (Å²) < 4.78 is 30.8. The van der Waals surface area contributed by atoms with Gasteiger partial charge in [0.2, 0.25) is 0 Å². The molecule has 39 heavy (non-hydrogen) atoms. The first-order valence-electron chi connectivity index (χ1n) is 14.0. The molecule has 6 rings (SSSR count). The van der Waals surface area contributed by atoms with Gasteiger partial charge in [-0.25, -0.2) is 13.8 Å². The van der Waals surface area contributed by atoms with Crippen LogP contribution in [0.15, 0.2) is 66.7 Å². The Kier molecular flexibility index (Phi) is 7.42. The van der Waals surface area contributed by atoms with Crippen molar-refractivity contribution < 1.29 is 13.6 Å². The first kappa shape index (κ1) is 25.7. The van der Waals surface area contributed by atoms with Crippen molar-refractivity contribution in [3.8, 4) is 0 Å². The zero-order valence-electron chi connectivity index (χ0n) is 22.2. The van der Waals surface area contributed by atoms with Crippen LogP contribution in [0.4, 0.5) is 8.78 Å². The van der Waals surface area contributed by atoms with E-state index < -0.39 is 17.5 Å². The molecule has 1 amide bonds. The van der Waals surface area contributed by atoms with E-state index in [1.807, 2.05) is 18.2 Å². The number of aromatic nitrogens is 2. The fraction of sp³-hybridized carbons (Fsp3) is 0.375. The number of hydrogen-bond donors (Lipinski definition) is 0. The quantitative estimate of drug-likeness (QED) is 0.252. The predicted molar refractivity (Wildman–Crippen MR) is 148 cm³/mol. The summed E-state index contributed by atoms with van der Waals surface area (Å²) >= 11 is 0. The summed E-state index contributed by atoms with van der Waals surface area (Å²) in [5.41, 5.74) is 4.15. The molecule has 0 spiro atoms. The van der Waals surface area contributed by atoms with Crippen LogP contribution in [-0.2, 0) is 19.6 Å².